The fourth-order valence-electron chi connectivity index (χ4n) is 3.79. The number of nitrogen functional groups attached to an aromatic ring is 1. The number of amides is 1. The Kier molecular flexibility index (Phi) is 7.63. The lowest BCUT2D eigenvalue weighted by Crippen LogP contribution is -2.14. The molecule has 1 heterocycles. The number of nitrogens with one attached hydrogen (secondary N) is 2. The van der Waals surface area contributed by atoms with E-state index in [0.717, 1.165) is 0 Å². The van der Waals surface area contributed by atoms with Crippen LogP contribution >= 0.6 is 0 Å². The third-order valence-electron chi connectivity index (χ3n) is 5.89. The second kappa shape index (κ2) is 11.8. The highest BCUT2D eigenvalue weighted by Crippen LogP contribution is 2.26. The smallest absolute Gasteiger partial charge is 0.423 e. The first kappa shape index (κ1) is 26.6. The fraction of sp³-hybridized carbons (Fsp3) is 0.0345. The van der Waals surface area contributed by atoms with Crippen LogP contribution in [-0.2, 0) is 6.61 Å². The van der Waals surface area contributed by atoms with E-state index < -0.39 is 10.7 Å². The van der Waals surface area contributed by atoms with Crippen molar-refractivity contribution in [1.82, 2.24) is 4.57 Å². The molecular formula is C29H23N5O7. The summed E-state index contributed by atoms with van der Waals surface area (Å²) in [5.74, 6) is 0.0848. The third-order valence-corrected chi connectivity index (χ3v) is 5.89. The van der Waals surface area contributed by atoms with E-state index in [-0.39, 0.29) is 24.0 Å². The fourth-order valence-corrected chi connectivity index (χ4v) is 3.79. The predicted molar refractivity (Wildman–Crippen MR) is 151 cm³/mol. The van der Waals surface area contributed by atoms with Crippen LogP contribution < -0.4 is 31.9 Å². The summed E-state index contributed by atoms with van der Waals surface area (Å²) < 4.78 is 12.5. The van der Waals surface area contributed by atoms with Crippen LogP contribution in [0.5, 0.6) is 11.5 Å². The van der Waals surface area contributed by atoms with E-state index in [9.17, 15) is 19.7 Å². The lowest BCUT2D eigenvalue weighted by atomic mass is 10.2. The molecule has 0 bridgehead atoms. The number of carbonyl (C=O) groups is 1. The Hall–Kier alpha value is -6.04. The first-order chi connectivity index (χ1) is 19.9. The van der Waals surface area contributed by atoms with Gasteiger partial charge in [-0.3, -0.25) is 14.9 Å². The second-order valence-corrected chi connectivity index (χ2v) is 8.66. The number of anilines is 3. The average Bonchev–Trinajstić information content (AvgIpc) is 3.37. The maximum atomic E-state index is 12.6. The number of non-ortho nitro benzene ring substituents is 1. The van der Waals surface area contributed by atoms with Crippen LogP contribution in [0.15, 0.2) is 112 Å². The van der Waals surface area contributed by atoms with Crippen LogP contribution in [0.25, 0.3) is 5.69 Å². The molecule has 0 fully saturated rings. The van der Waals surface area contributed by atoms with Crippen molar-refractivity contribution in [1.29, 1.82) is 0 Å². The van der Waals surface area contributed by atoms with E-state index in [1.807, 2.05) is 0 Å². The summed E-state index contributed by atoms with van der Waals surface area (Å²) in [5.41, 5.74) is 10.9. The molecule has 4 aromatic carbocycles. The second-order valence-electron chi connectivity index (χ2n) is 8.66. The van der Waals surface area contributed by atoms with Crippen molar-refractivity contribution in [2.45, 2.75) is 6.61 Å². The lowest BCUT2D eigenvalue weighted by Gasteiger charge is -2.12. The minimum absolute atomic E-state index is 0.0513. The van der Waals surface area contributed by atoms with Gasteiger partial charge < -0.3 is 25.0 Å². The molecule has 41 heavy (non-hydrogen) atoms. The summed E-state index contributed by atoms with van der Waals surface area (Å²) in [5, 5.41) is 13.6. The van der Waals surface area contributed by atoms with Gasteiger partial charge in [0.1, 0.15) is 18.0 Å². The monoisotopic (exact) mass is 553 g/mol. The van der Waals surface area contributed by atoms with Gasteiger partial charge in [0.05, 0.1) is 28.2 Å². The molecule has 0 atom stereocenters. The summed E-state index contributed by atoms with van der Waals surface area (Å²) in [6.45, 7) is -0.0581. The van der Waals surface area contributed by atoms with E-state index in [2.05, 4.69) is 10.8 Å². The molecule has 0 aliphatic rings. The molecule has 0 saturated carbocycles. The summed E-state index contributed by atoms with van der Waals surface area (Å²) in [7, 11) is 0. The van der Waals surface area contributed by atoms with Gasteiger partial charge in [-0.1, -0.05) is 24.3 Å². The van der Waals surface area contributed by atoms with Gasteiger partial charge >= 0.3 is 5.76 Å². The highest BCUT2D eigenvalue weighted by atomic mass is 16.6. The number of hydrogen-bond acceptors (Lipinski definition) is 9. The molecule has 4 N–H and O–H groups in total. The number of nitro groups is 1. The van der Waals surface area contributed by atoms with Gasteiger partial charge in [-0.05, 0) is 60.7 Å². The number of rotatable bonds is 10. The number of nitrogens with zero attached hydrogens (tertiary/aromatic N) is 2. The Balaban J connectivity index is 1.22. The molecule has 206 valence electrons. The van der Waals surface area contributed by atoms with Crippen molar-refractivity contribution in [2.24, 2.45) is 0 Å². The highest BCUT2D eigenvalue weighted by molar-refractivity contribution is 6.05. The Morgan fingerprint density at radius 1 is 0.927 bits per heavy atom. The maximum Gasteiger partial charge on any atom is 0.423 e. The Labute approximate surface area is 232 Å². The van der Waals surface area contributed by atoms with Crippen molar-refractivity contribution < 1.29 is 23.7 Å². The lowest BCUT2D eigenvalue weighted by molar-refractivity contribution is -0.384. The topological polar surface area (TPSA) is 164 Å². The molecule has 1 aromatic heterocycles. The number of oxazole rings is 1. The first-order valence-electron chi connectivity index (χ1n) is 12.2. The number of benzene rings is 4. The normalized spacial score (nSPS) is 10.5. The first-order valence-corrected chi connectivity index (χ1v) is 12.2. The number of para-hydroxylation sites is 4. The molecule has 1 amide bonds. The molecular weight excluding hydrogens is 530 g/mol. The van der Waals surface area contributed by atoms with Crippen LogP contribution in [0, 0.1) is 10.1 Å². The summed E-state index contributed by atoms with van der Waals surface area (Å²) >= 11 is 0. The standard InChI is InChI=1S/C29H23N5O7/c30-24-5-1-2-6-25(24)31-28(35)19-9-11-20(12-10-19)33-17-23(40-29(33)36)18-39-27-8-4-3-7-26(27)32-41-22-15-13-21(14-16-22)34(37)38/h1-17,32H,18,30H2,(H,31,35). The van der Waals surface area contributed by atoms with E-state index in [1.54, 1.807) is 72.8 Å². The van der Waals surface area contributed by atoms with Crippen LogP contribution in [0.4, 0.5) is 22.7 Å². The molecule has 0 radical (unpaired) electrons. The van der Waals surface area contributed by atoms with Gasteiger partial charge in [0.2, 0.25) is 0 Å². The highest BCUT2D eigenvalue weighted by Gasteiger charge is 2.13. The van der Waals surface area contributed by atoms with E-state index >= 15 is 0 Å². The van der Waals surface area contributed by atoms with Crippen molar-refractivity contribution in [3.05, 3.63) is 135 Å². The molecule has 5 rings (SSSR count). The quantitative estimate of drug-likeness (QED) is 0.120. The summed E-state index contributed by atoms with van der Waals surface area (Å²) in [6.07, 6.45) is 1.51. The number of nitrogens with two attached hydrogens (primary N) is 1. The molecule has 0 saturated heterocycles. The zero-order valence-electron chi connectivity index (χ0n) is 21.4. The maximum absolute atomic E-state index is 12.6. The van der Waals surface area contributed by atoms with E-state index in [4.69, 9.17) is 19.7 Å². The summed E-state index contributed by atoms with van der Waals surface area (Å²) in [6, 6.07) is 25.9. The molecule has 12 heteroatoms. The number of hydrogen-bond donors (Lipinski definition) is 3. The molecule has 0 spiro atoms. The molecule has 0 unspecified atom stereocenters. The van der Waals surface area contributed by atoms with Gasteiger partial charge in [-0.2, -0.15) is 0 Å². The van der Waals surface area contributed by atoms with Crippen LogP contribution in [-0.4, -0.2) is 15.4 Å². The number of nitro benzene ring substituents is 1. The number of carbonyl (C=O) groups excluding carboxylic acids is 1. The van der Waals surface area contributed by atoms with Gasteiger partial charge in [-0.25, -0.2) is 14.8 Å². The van der Waals surface area contributed by atoms with Crippen molar-refractivity contribution in [2.75, 3.05) is 16.5 Å². The van der Waals surface area contributed by atoms with Crippen LogP contribution in [0.3, 0.4) is 0 Å². The van der Waals surface area contributed by atoms with Crippen LogP contribution in [0.2, 0.25) is 0 Å². The molecule has 0 aliphatic heterocycles. The SMILES string of the molecule is Nc1ccccc1NC(=O)c1ccc(-n2cc(COc3ccccc3NOc3ccc([N+](=O)[O-])cc3)oc2=O)cc1. The minimum Gasteiger partial charge on any atom is -0.483 e. The van der Waals surface area contributed by atoms with E-state index in [0.29, 0.717) is 39.8 Å². The van der Waals surface area contributed by atoms with Crippen molar-refractivity contribution in [3.8, 4) is 17.2 Å². The van der Waals surface area contributed by atoms with Crippen molar-refractivity contribution in [3.63, 3.8) is 0 Å². The minimum atomic E-state index is -0.620. The Morgan fingerprint density at radius 3 is 2.32 bits per heavy atom. The van der Waals surface area contributed by atoms with Gasteiger partial charge in [-0.15, -0.1) is 0 Å². The molecule has 5 aromatic rings. The Morgan fingerprint density at radius 2 is 1.61 bits per heavy atom. The van der Waals surface area contributed by atoms with Gasteiger partial charge in [0.15, 0.2) is 11.5 Å². The van der Waals surface area contributed by atoms with Gasteiger partial charge in [0.25, 0.3) is 11.6 Å². The average molecular weight is 554 g/mol. The molecule has 0 aliphatic carbocycles. The zero-order chi connectivity index (χ0) is 28.8. The summed E-state index contributed by atoms with van der Waals surface area (Å²) in [4.78, 5) is 40.9. The molecule has 12 nitrogen and oxygen atoms in total. The third kappa shape index (κ3) is 6.34. The number of ether oxygens (including phenoxy) is 1. The van der Waals surface area contributed by atoms with Crippen molar-refractivity contribution >= 4 is 28.7 Å². The zero-order valence-corrected chi connectivity index (χ0v) is 21.4. The predicted octanol–water partition coefficient (Wildman–Crippen LogP) is 5.16. The Bertz CT molecular complexity index is 1740. The number of aromatic nitrogens is 1. The van der Waals surface area contributed by atoms with Crippen LogP contribution in [0.1, 0.15) is 16.1 Å². The largest absolute Gasteiger partial charge is 0.483 e. The van der Waals surface area contributed by atoms with Gasteiger partial charge in [0, 0.05) is 17.7 Å². The van der Waals surface area contributed by atoms with E-state index in [1.165, 1.54) is 35.0 Å².